The zero-order valence-electron chi connectivity index (χ0n) is 26.1. The zero-order valence-corrected chi connectivity index (χ0v) is 26.1. The van der Waals surface area contributed by atoms with Crippen LogP contribution in [0.3, 0.4) is 0 Å². The van der Waals surface area contributed by atoms with Crippen molar-refractivity contribution in [1.29, 1.82) is 0 Å². The normalized spacial score (nSPS) is 21.3. The van der Waals surface area contributed by atoms with Crippen LogP contribution in [0.15, 0.2) is 66.8 Å². The molecule has 0 bridgehead atoms. The van der Waals surface area contributed by atoms with E-state index in [-0.39, 0.29) is 0 Å². The number of unbranched alkanes of at least 4 members (excludes halogenated alkanes) is 1. The zero-order chi connectivity index (χ0) is 28.7. The highest BCUT2D eigenvalue weighted by molar-refractivity contribution is 5.94. The van der Waals surface area contributed by atoms with Gasteiger partial charge in [0.1, 0.15) is 0 Å². The first-order valence-corrected chi connectivity index (χ1v) is 16.3. The van der Waals surface area contributed by atoms with Gasteiger partial charge in [-0.2, -0.15) is 0 Å². The molecule has 1 fully saturated rings. The molecule has 0 saturated heterocycles. The summed E-state index contributed by atoms with van der Waals surface area (Å²) in [7, 11) is 0. The molecule has 0 N–H and O–H groups in total. The van der Waals surface area contributed by atoms with Gasteiger partial charge < -0.3 is 0 Å². The minimum atomic E-state index is 0.530. The number of rotatable bonds is 8. The summed E-state index contributed by atoms with van der Waals surface area (Å²) in [6, 6.07) is 19.0. The Kier molecular flexibility index (Phi) is 7.95. The van der Waals surface area contributed by atoms with Gasteiger partial charge in [0.2, 0.25) is 0 Å². The van der Waals surface area contributed by atoms with E-state index in [0.717, 1.165) is 24.7 Å². The van der Waals surface area contributed by atoms with Crippen molar-refractivity contribution in [2.45, 2.75) is 98.3 Å². The van der Waals surface area contributed by atoms with Gasteiger partial charge in [-0.1, -0.05) is 105 Å². The van der Waals surface area contributed by atoms with Crippen LogP contribution in [-0.4, -0.2) is 0 Å². The Bertz CT molecular complexity index is 1520. The van der Waals surface area contributed by atoms with Crippen LogP contribution in [0.4, 0.5) is 0 Å². The smallest absolute Gasteiger partial charge is 0.000174 e. The molecule has 0 heteroatoms. The quantitative estimate of drug-likeness (QED) is 0.249. The molecule has 0 nitrogen and oxygen atoms in total. The molecular formula is C41H48. The maximum atomic E-state index is 4.28. The van der Waals surface area contributed by atoms with Crippen LogP contribution < -0.4 is 0 Å². The molecule has 1 unspecified atom stereocenters. The Hall–Kier alpha value is -3.12. The third kappa shape index (κ3) is 5.55. The second-order valence-electron chi connectivity index (χ2n) is 13.5. The molecule has 1 saturated carbocycles. The van der Waals surface area contributed by atoms with Gasteiger partial charge in [0.05, 0.1) is 0 Å². The lowest BCUT2D eigenvalue weighted by Gasteiger charge is -2.30. The summed E-state index contributed by atoms with van der Waals surface area (Å²) in [5.41, 5.74) is 18.6. The molecule has 0 spiro atoms. The average molecular weight is 541 g/mol. The fraction of sp³-hybridized carbons (Fsp3) is 0.415. The molecule has 0 aromatic heterocycles. The van der Waals surface area contributed by atoms with Gasteiger partial charge in [0.15, 0.2) is 0 Å². The Morgan fingerprint density at radius 1 is 0.927 bits per heavy atom. The molecule has 3 aromatic carbocycles. The molecule has 0 amide bonds. The van der Waals surface area contributed by atoms with Crippen LogP contribution in [0.5, 0.6) is 0 Å². The molecule has 1 atom stereocenters. The van der Waals surface area contributed by atoms with E-state index in [9.17, 15) is 0 Å². The second-order valence-corrected chi connectivity index (χ2v) is 13.5. The van der Waals surface area contributed by atoms with E-state index in [4.69, 9.17) is 0 Å². The summed E-state index contributed by atoms with van der Waals surface area (Å²) in [5, 5.41) is 0. The third-order valence-electron chi connectivity index (χ3n) is 10.2. The first kappa shape index (κ1) is 28.0. The summed E-state index contributed by atoms with van der Waals surface area (Å²) in [6.07, 6.45) is 16.8. The predicted molar refractivity (Wildman–Crippen MR) is 179 cm³/mol. The molecule has 3 aliphatic carbocycles. The molecular weight excluding hydrogens is 492 g/mol. The highest BCUT2D eigenvalue weighted by Crippen LogP contribution is 2.48. The summed E-state index contributed by atoms with van der Waals surface area (Å²) in [4.78, 5) is 0. The summed E-state index contributed by atoms with van der Waals surface area (Å²) >= 11 is 0. The number of hydrogen-bond donors (Lipinski definition) is 0. The molecule has 41 heavy (non-hydrogen) atoms. The Labute approximate surface area is 249 Å². The van der Waals surface area contributed by atoms with E-state index < -0.39 is 0 Å². The van der Waals surface area contributed by atoms with Crippen molar-refractivity contribution in [3.05, 3.63) is 111 Å². The Morgan fingerprint density at radius 2 is 1.66 bits per heavy atom. The number of allylic oxidation sites excluding steroid dienone is 4. The monoisotopic (exact) mass is 540 g/mol. The molecule has 0 aliphatic heterocycles. The van der Waals surface area contributed by atoms with Crippen molar-refractivity contribution in [2.24, 2.45) is 11.8 Å². The second kappa shape index (κ2) is 11.6. The van der Waals surface area contributed by atoms with Crippen molar-refractivity contribution < 1.29 is 0 Å². The number of hydrogen-bond acceptors (Lipinski definition) is 0. The Balaban J connectivity index is 1.31. The Morgan fingerprint density at radius 3 is 2.37 bits per heavy atom. The van der Waals surface area contributed by atoms with E-state index in [1.165, 1.54) is 106 Å². The maximum absolute atomic E-state index is 4.28. The van der Waals surface area contributed by atoms with Crippen LogP contribution in [0.25, 0.3) is 28.3 Å². The number of fused-ring (bicyclic) bond motifs is 2. The van der Waals surface area contributed by atoms with Crippen LogP contribution >= 0.6 is 0 Å². The van der Waals surface area contributed by atoms with Crippen molar-refractivity contribution in [3.63, 3.8) is 0 Å². The van der Waals surface area contributed by atoms with E-state index >= 15 is 0 Å². The summed E-state index contributed by atoms with van der Waals surface area (Å²) in [6.45, 7) is 15.6. The highest BCUT2D eigenvalue weighted by atomic mass is 14.3. The van der Waals surface area contributed by atoms with Gasteiger partial charge in [-0.3, -0.25) is 0 Å². The highest BCUT2D eigenvalue weighted by Gasteiger charge is 2.30. The SMILES string of the molecule is C=C(C)Cc1c(C)cc2c(c1-c1ccc(C)cc1)CC(c1ccc3c(c1)C(C1CCC(CCCC)CC1)=CC3C)=C2. The standard InChI is InChI=1S/C41H48/c1-7-8-9-30-12-16-31(17-13-30)38-22-29(6)36-19-18-33(24-40(36)38)34-23-35-21-28(5)37(20-26(2)3)41(39(35)25-34)32-14-10-27(4)11-15-32/h10-11,14-15,18-19,21-24,29-31H,2,7-9,12-13,16-17,20,25H2,1,3-6H3. The molecule has 3 aliphatic rings. The minimum absolute atomic E-state index is 0.530. The van der Waals surface area contributed by atoms with Gasteiger partial charge in [-0.25, -0.2) is 0 Å². The van der Waals surface area contributed by atoms with E-state index in [0.29, 0.717) is 5.92 Å². The topological polar surface area (TPSA) is 0 Å². The maximum Gasteiger partial charge on any atom is 0.000174 e. The molecule has 212 valence electrons. The fourth-order valence-corrected chi connectivity index (χ4v) is 7.93. The fourth-order valence-electron chi connectivity index (χ4n) is 7.93. The summed E-state index contributed by atoms with van der Waals surface area (Å²) < 4.78 is 0. The largest absolute Gasteiger partial charge is 0.0998 e. The van der Waals surface area contributed by atoms with Gasteiger partial charge in [-0.15, -0.1) is 0 Å². The first-order chi connectivity index (χ1) is 19.8. The molecule has 0 radical (unpaired) electrons. The third-order valence-corrected chi connectivity index (χ3v) is 10.2. The number of benzene rings is 3. The molecule has 6 rings (SSSR count). The van der Waals surface area contributed by atoms with Gasteiger partial charge in [0.25, 0.3) is 0 Å². The lowest BCUT2D eigenvalue weighted by atomic mass is 9.75. The van der Waals surface area contributed by atoms with Crippen molar-refractivity contribution in [3.8, 4) is 11.1 Å². The minimum Gasteiger partial charge on any atom is -0.0998 e. The van der Waals surface area contributed by atoms with E-state index in [2.05, 4.69) is 102 Å². The van der Waals surface area contributed by atoms with Crippen molar-refractivity contribution in [2.75, 3.05) is 0 Å². The summed E-state index contributed by atoms with van der Waals surface area (Å²) in [5.74, 6) is 2.23. The van der Waals surface area contributed by atoms with Crippen molar-refractivity contribution in [1.82, 2.24) is 0 Å². The van der Waals surface area contributed by atoms with Gasteiger partial charge in [0, 0.05) is 5.92 Å². The average Bonchev–Trinajstić information content (AvgIpc) is 3.53. The molecule has 0 heterocycles. The lowest BCUT2D eigenvalue weighted by molar-refractivity contribution is 0.296. The lowest BCUT2D eigenvalue weighted by Crippen LogP contribution is -2.15. The van der Waals surface area contributed by atoms with Crippen LogP contribution in [0, 0.1) is 25.7 Å². The number of aryl methyl sites for hydroxylation is 2. The van der Waals surface area contributed by atoms with Crippen LogP contribution in [0.1, 0.15) is 116 Å². The van der Waals surface area contributed by atoms with Crippen molar-refractivity contribution >= 4 is 17.2 Å². The van der Waals surface area contributed by atoms with E-state index in [1.54, 1.807) is 11.1 Å². The predicted octanol–water partition coefficient (Wildman–Crippen LogP) is 11.7. The van der Waals surface area contributed by atoms with Crippen LogP contribution in [-0.2, 0) is 12.8 Å². The van der Waals surface area contributed by atoms with E-state index in [1.807, 2.05) is 0 Å². The van der Waals surface area contributed by atoms with Crippen LogP contribution in [0.2, 0.25) is 0 Å². The first-order valence-electron chi connectivity index (χ1n) is 16.3. The van der Waals surface area contributed by atoms with Gasteiger partial charge >= 0.3 is 0 Å². The molecule has 3 aromatic rings. The van der Waals surface area contributed by atoms with Gasteiger partial charge in [-0.05, 0) is 138 Å².